The van der Waals surface area contributed by atoms with Crippen LogP contribution in [0.1, 0.15) is 45.4 Å². The molecule has 1 fully saturated rings. The number of hydrogen-bond donors (Lipinski definition) is 0. The number of amides is 1. The number of hydrogen-bond acceptors (Lipinski definition) is 2. The second kappa shape index (κ2) is 7.69. The molecule has 1 aliphatic rings. The summed E-state index contributed by atoms with van der Waals surface area (Å²) in [6.07, 6.45) is 6.25. The lowest BCUT2D eigenvalue weighted by molar-refractivity contribution is -0.140. The number of rotatable bonds is 5. The molecule has 3 rings (SSSR count). The number of ether oxygens (including phenoxy) is 1. The molecule has 1 saturated carbocycles. The van der Waals surface area contributed by atoms with Crippen LogP contribution in [0.15, 0.2) is 42.5 Å². The molecule has 0 spiro atoms. The number of nitrogens with zero attached hydrogens (tertiary/aromatic N) is 1. The van der Waals surface area contributed by atoms with Gasteiger partial charge in [-0.25, -0.2) is 0 Å². The van der Waals surface area contributed by atoms with Crippen LogP contribution >= 0.6 is 0 Å². The standard InChI is InChI=1S/C21H27NO2/c1-3-19(21(23)22(2)17-12-5-4-6-13-17)24-20-15-9-11-16-10-7-8-14-18(16)20/h7-11,14-15,17,19H,3-6,12-13H2,1-2H3/t19-/m1/s1. The molecule has 128 valence electrons. The lowest BCUT2D eigenvalue weighted by Crippen LogP contribution is -2.45. The second-order valence-electron chi connectivity index (χ2n) is 6.73. The Labute approximate surface area is 144 Å². The van der Waals surface area contributed by atoms with Crippen molar-refractivity contribution in [2.45, 2.75) is 57.6 Å². The van der Waals surface area contributed by atoms with Crippen LogP contribution < -0.4 is 4.74 Å². The molecular weight excluding hydrogens is 298 g/mol. The Morgan fingerprint density at radius 3 is 2.58 bits per heavy atom. The highest BCUT2D eigenvalue weighted by atomic mass is 16.5. The Bertz CT molecular complexity index is 686. The number of fused-ring (bicyclic) bond motifs is 1. The predicted octanol–water partition coefficient (Wildman–Crippen LogP) is 4.79. The number of benzene rings is 2. The maximum absolute atomic E-state index is 12.9. The summed E-state index contributed by atoms with van der Waals surface area (Å²) >= 11 is 0. The molecule has 0 aliphatic heterocycles. The molecule has 0 unspecified atom stereocenters. The van der Waals surface area contributed by atoms with Gasteiger partial charge in [-0.2, -0.15) is 0 Å². The van der Waals surface area contributed by atoms with Crippen molar-refractivity contribution in [1.29, 1.82) is 0 Å². The quantitative estimate of drug-likeness (QED) is 0.791. The summed E-state index contributed by atoms with van der Waals surface area (Å²) < 4.78 is 6.16. The van der Waals surface area contributed by atoms with E-state index in [0.717, 1.165) is 29.4 Å². The molecule has 0 bridgehead atoms. The van der Waals surface area contributed by atoms with Crippen molar-refractivity contribution >= 4 is 16.7 Å². The molecule has 2 aromatic rings. The normalized spacial score (nSPS) is 16.8. The van der Waals surface area contributed by atoms with Gasteiger partial charge in [0.05, 0.1) is 0 Å². The maximum Gasteiger partial charge on any atom is 0.263 e. The molecule has 24 heavy (non-hydrogen) atoms. The highest BCUT2D eigenvalue weighted by molar-refractivity contribution is 5.89. The monoisotopic (exact) mass is 325 g/mol. The third-order valence-electron chi connectivity index (χ3n) is 5.14. The maximum atomic E-state index is 12.9. The summed E-state index contributed by atoms with van der Waals surface area (Å²) in [6.45, 7) is 2.02. The fourth-order valence-corrected chi connectivity index (χ4v) is 3.64. The molecule has 0 aromatic heterocycles. The Hall–Kier alpha value is -2.03. The SMILES string of the molecule is CC[C@@H](Oc1cccc2ccccc12)C(=O)N(C)C1CCCCC1. The largest absolute Gasteiger partial charge is 0.480 e. The van der Waals surface area contributed by atoms with Gasteiger partial charge < -0.3 is 9.64 Å². The van der Waals surface area contributed by atoms with E-state index >= 15 is 0 Å². The zero-order chi connectivity index (χ0) is 16.9. The first-order chi connectivity index (χ1) is 11.7. The number of carbonyl (C=O) groups excluding carboxylic acids is 1. The molecule has 1 aliphatic carbocycles. The molecule has 0 saturated heterocycles. The predicted molar refractivity (Wildman–Crippen MR) is 98.3 cm³/mol. The highest BCUT2D eigenvalue weighted by Gasteiger charge is 2.28. The first kappa shape index (κ1) is 16.8. The van der Waals surface area contributed by atoms with Crippen molar-refractivity contribution in [2.24, 2.45) is 0 Å². The van der Waals surface area contributed by atoms with E-state index in [-0.39, 0.29) is 5.91 Å². The first-order valence-corrected chi connectivity index (χ1v) is 9.11. The third kappa shape index (κ3) is 3.55. The van der Waals surface area contributed by atoms with Crippen LogP contribution in [0.4, 0.5) is 0 Å². The van der Waals surface area contributed by atoms with Crippen LogP contribution in [-0.2, 0) is 4.79 Å². The summed E-state index contributed by atoms with van der Waals surface area (Å²) in [5.74, 6) is 0.905. The van der Waals surface area contributed by atoms with E-state index in [1.54, 1.807) is 0 Å². The van der Waals surface area contributed by atoms with E-state index in [1.165, 1.54) is 19.3 Å². The second-order valence-corrected chi connectivity index (χ2v) is 6.73. The van der Waals surface area contributed by atoms with Gasteiger partial charge >= 0.3 is 0 Å². The lowest BCUT2D eigenvalue weighted by Gasteiger charge is -2.33. The van der Waals surface area contributed by atoms with Crippen LogP contribution in [0, 0.1) is 0 Å². The van der Waals surface area contributed by atoms with Gasteiger partial charge in [-0.05, 0) is 30.7 Å². The van der Waals surface area contributed by atoms with Gasteiger partial charge in [0.1, 0.15) is 5.75 Å². The molecule has 0 heterocycles. The minimum absolute atomic E-state index is 0.109. The molecule has 3 heteroatoms. The minimum atomic E-state index is -0.414. The van der Waals surface area contributed by atoms with Crippen molar-refractivity contribution < 1.29 is 9.53 Å². The fraction of sp³-hybridized carbons (Fsp3) is 0.476. The van der Waals surface area contributed by atoms with Gasteiger partial charge in [0.15, 0.2) is 6.10 Å². The molecule has 0 radical (unpaired) electrons. The fourth-order valence-electron chi connectivity index (χ4n) is 3.64. The van der Waals surface area contributed by atoms with Crippen LogP contribution in [0.5, 0.6) is 5.75 Å². The average molecular weight is 325 g/mol. The molecule has 1 amide bonds. The van der Waals surface area contributed by atoms with Crippen LogP contribution in [0.25, 0.3) is 10.8 Å². The number of likely N-dealkylation sites (N-methyl/N-ethyl adjacent to an activating group) is 1. The Morgan fingerprint density at radius 1 is 1.12 bits per heavy atom. The summed E-state index contributed by atoms with van der Waals surface area (Å²) in [5.41, 5.74) is 0. The van der Waals surface area contributed by atoms with Crippen molar-refractivity contribution in [3.8, 4) is 5.75 Å². The van der Waals surface area contributed by atoms with E-state index in [2.05, 4.69) is 12.1 Å². The highest BCUT2D eigenvalue weighted by Crippen LogP contribution is 2.28. The zero-order valence-electron chi connectivity index (χ0n) is 14.7. The average Bonchev–Trinajstić information content (AvgIpc) is 2.65. The van der Waals surface area contributed by atoms with E-state index < -0.39 is 6.10 Å². The summed E-state index contributed by atoms with van der Waals surface area (Å²) in [4.78, 5) is 14.8. The molecule has 2 aromatic carbocycles. The Balaban J connectivity index is 1.76. The van der Waals surface area contributed by atoms with Gasteiger partial charge in [0.2, 0.25) is 0 Å². The molecule has 3 nitrogen and oxygen atoms in total. The van der Waals surface area contributed by atoms with Gasteiger partial charge in [0.25, 0.3) is 5.91 Å². The van der Waals surface area contributed by atoms with E-state index in [1.807, 2.05) is 49.2 Å². The van der Waals surface area contributed by atoms with Gasteiger partial charge in [-0.1, -0.05) is 62.6 Å². The smallest absolute Gasteiger partial charge is 0.263 e. The summed E-state index contributed by atoms with van der Waals surface area (Å²) in [5, 5.41) is 2.20. The topological polar surface area (TPSA) is 29.5 Å². The van der Waals surface area contributed by atoms with Crippen molar-refractivity contribution in [2.75, 3.05) is 7.05 Å². The van der Waals surface area contributed by atoms with E-state index in [9.17, 15) is 4.79 Å². The molecule has 1 atom stereocenters. The van der Waals surface area contributed by atoms with Gasteiger partial charge in [0, 0.05) is 18.5 Å². The Morgan fingerprint density at radius 2 is 1.83 bits per heavy atom. The van der Waals surface area contributed by atoms with Crippen LogP contribution in [0.2, 0.25) is 0 Å². The molecule has 0 N–H and O–H groups in total. The third-order valence-corrected chi connectivity index (χ3v) is 5.14. The zero-order valence-corrected chi connectivity index (χ0v) is 14.7. The first-order valence-electron chi connectivity index (χ1n) is 9.11. The van der Waals surface area contributed by atoms with Crippen molar-refractivity contribution in [1.82, 2.24) is 4.90 Å². The summed E-state index contributed by atoms with van der Waals surface area (Å²) in [7, 11) is 1.94. The minimum Gasteiger partial charge on any atom is -0.480 e. The lowest BCUT2D eigenvalue weighted by atomic mass is 9.94. The Kier molecular flexibility index (Phi) is 5.39. The number of carbonyl (C=O) groups is 1. The van der Waals surface area contributed by atoms with Crippen molar-refractivity contribution in [3.05, 3.63) is 42.5 Å². The summed E-state index contributed by atoms with van der Waals surface area (Å²) in [6, 6.07) is 14.5. The van der Waals surface area contributed by atoms with Crippen LogP contribution in [0.3, 0.4) is 0 Å². The van der Waals surface area contributed by atoms with Gasteiger partial charge in [-0.3, -0.25) is 4.79 Å². The van der Waals surface area contributed by atoms with Gasteiger partial charge in [-0.15, -0.1) is 0 Å². The van der Waals surface area contributed by atoms with E-state index in [4.69, 9.17) is 4.74 Å². The molecular formula is C21H27NO2. The van der Waals surface area contributed by atoms with E-state index in [0.29, 0.717) is 12.5 Å². The van der Waals surface area contributed by atoms with Crippen molar-refractivity contribution in [3.63, 3.8) is 0 Å². The van der Waals surface area contributed by atoms with Crippen LogP contribution in [-0.4, -0.2) is 30.0 Å².